The van der Waals surface area contributed by atoms with Gasteiger partial charge in [0.1, 0.15) is 0 Å². The van der Waals surface area contributed by atoms with E-state index < -0.39 is 17.4 Å². The number of anilines is 1. The molecule has 1 atom stereocenters. The van der Waals surface area contributed by atoms with Crippen LogP contribution in [0.15, 0.2) is 47.9 Å². The number of pyridine rings is 1. The fourth-order valence-corrected chi connectivity index (χ4v) is 4.62. The topological polar surface area (TPSA) is 108 Å². The van der Waals surface area contributed by atoms with Crippen molar-refractivity contribution in [2.24, 2.45) is 0 Å². The Balaban J connectivity index is 1.84. The van der Waals surface area contributed by atoms with Crippen LogP contribution in [0.2, 0.25) is 10.0 Å². The molecule has 1 aromatic carbocycles. The quantitative estimate of drug-likeness (QED) is 0.382. The number of nitrogens with zero attached hydrogens (tertiary/aromatic N) is 1. The summed E-state index contributed by atoms with van der Waals surface area (Å²) >= 11 is 12.1. The molecule has 1 unspecified atom stereocenters. The van der Waals surface area contributed by atoms with E-state index in [2.05, 4.69) is 22.5 Å². The third kappa shape index (κ3) is 5.96. The Morgan fingerprint density at radius 3 is 2.35 bits per heavy atom. The molecule has 3 rings (SSSR count). The SMILES string of the molecule is CCCCC1=C(NC(C)(CC(=O)O)c2ccc(NC(=O)c3c(Cl)cncc3Cl)cc2)CCC1=O. The van der Waals surface area contributed by atoms with Crippen LogP contribution in [-0.4, -0.2) is 27.8 Å². The van der Waals surface area contributed by atoms with Crippen LogP contribution < -0.4 is 10.6 Å². The summed E-state index contributed by atoms with van der Waals surface area (Å²) in [6, 6.07) is 6.88. The smallest absolute Gasteiger partial charge is 0.306 e. The van der Waals surface area contributed by atoms with Gasteiger partial charge in [0.15, 0.2) is 5.78 Å². The monoisotopic (exact) mass is 503 g/mol. The number of amides is 1. The van der Waals surface area contributed by atoms with Crippen LogP contribution in [0.5, 0.6) is 0 Å². The highest BCUT2D eigenvalue weighted by Crippen LogP contribution is 2.33. The molecule has 180 valence electrons. The van der Waals surface area contributed by atoms with Gasteiger partial charge in [-0.1, -0.05) is 48.7 Å². The Hall–Kier alpha value is -2.90. The molecule has 0 fully saturated rings. The average molecular weight is 504 g/mol. The largest absolute Gasteiger partial charge is 0.481 e. The van der Waals surface area contributed by atoms with Crippen molar-refractivity contribution in [3.63, 3.8) is 0 Å². The van der Waals surface area contributed by atoms with E-state index in [-0.39, 0.29) is 27.8 Å². The maximum absolute atomic E-state index is 12.6. The lowest BCUT2D eigenvalue weighted by molar-refractivity contribution is -0.138. The van der Waals surface area contributed by atoms with Crippen LogP contribution >= 0.6 is 23.2 Å². The van der Waals surface area contributed by atoms with Crippen LogP contribution in [0.1, 0.15) is 68.3 Å². The standard InChI is InChI=1S/C25H27Cl2N3O4/c1-3-4-5-17-20(10-11-21(17)31)30-25(2,12-22(32)33)15-6-8-16(9-7-15)29-24(34)23-18(26)13-28-14-19(23)27/h6-9,13-14,30H,3-5,10-12H2,1-2H3,(H,29,34)(H,32,33). The van der Waals surface area contributed by atoms with Crippen molar-refractivity contribution in [3.05, 3.63) is 69.1 Å². The van der Waals surface area contributed by atoms with Gasteiger partial charge in [-0.3, -0.25) is 19.4 Å². The fourth-order valence-electron chi connectivity index (χ4n) is 4.09. The van der Waals surface area contributed by atoms with Crippen molar-refractivity contribution in [2.75, 3.05) is 5.32 Å². The van der Waals surface area contributed by atoms with E-state index in [0.29, 0.717) is 24.9 Å². The summed E-state index contributed by atoms with van der Waals surface area (Å²) in [5, 5.41) is 16.0. The number of carbonyl (C=O) groups is 3. The molecule has 1 heterocycles. The summed E-state index contributed by atoms with van der Waals surface area (Å²) in [7, 11) is 0. The number of allylic oxidation sites excluding steroid dienone is 2. The second kappa shape index (κ2) is 11.0. The number of hydrogen-bond donors (Lipinski definition) is 3. The first kappa shape index (κ1) is 25.7. The molecule has 0 radical (unpaired) electrons. The van der Waals surface area contributed by atoms with E-state index in [9.17, 15) is 19.5 Å². The second-order valence-corrected chi connectivity index (χ2v) is 9.34. The van der Waals surface area contributed by atoms with Gasteiger partial charge in [-0.05, 0) is 43.9 Å². The van der Waals surface area contributed by atoms with Crippen LogP contribution in [0, 0.1) is 0 Å². The first-order valence-electron chi connectivity index (χ1n) is 11.1. The molecule has 0 saturated heterocycles. The number of nitrogens with one attached hydrogen (secondary N) is 2. The van der Waals surface area contributed by atoms with Crippen molar-refractivity contribution in [3.8, 4) is 0 Å². The second-order valence-electron chi connectivity index (χ2n) is 8.52. The number of unbranched alkanes of at least 4 members (excludes halogenated alkanes) is 1. The van der Waals surface area contributed by atoms with Crippen LogP contribution in [0.3, 0.4) is 0 Å². The van der Waals surface area contributed by atoms with Crippen molar-refractivity contribution in [2.45, 2.75) is 57.9 Å². The minimum absolute atomic E-state index is 0.122. The van der Waals surface area contributed by atoms with Gasteiger partial charge in [-0.2, -0.15) is 0 Å². The van der Waals surface area contributed by atoms with E-state index in [1.165, 1.54) is 12.4 Å². The van der Waals surface area contributed by atoms with Gasteiger partial charge in [-0.15, -0.1) is 0 Å². The minimum atomic E-state index is -0.964. The van der Waals surface area contributed by atoms with E-state index in [4.69, 9.17) is 23.2 Å². The average Bonchev–Trinajstić information content (AvgIpc) is 3.10. The summed E-state index contributed by atoms with van der Waals surface area (Å²) in [6.07, 6.45) is 6.08. The Bertz CT molecular complexity index is 1110. The Labute approximate surface area is 208 Å². The van der Waals surface area contributed by atoms with Gasteiger partial charge in [-0.25, -0.2) is 0 Å². The molecule has 0 saturated carbocycles. The molecule has 3 N–H and O–H groups in total. The van der Waals surface area contributed by atoms with Crippen molar-refractivity contribution < 1.29 is 19.5 Å². The third-order valence-corrected chi connectivity index (χ3v) is 6.45. The number of carboxylic acid groups (broad SMARTS) is 1. The molecule has 1 aliphatic rings. The van der Waals surface area contributed by atoms with Crippen molar-refractivity contribution in [1.82, 2.24) is 10.3 Å². The molecule has 1 amide bonds. The Kier molecular flexibility index (Phi) is 8.33. The highest BCUT2D eigenvalue weighted by atomic mass is 35.5. The molecule has 0 aliphatic heterocycles. The molecule has 7 nitrogen and oxygen atoms in total. The molecule has 1 aliphatic carbocycles. The molecule has 9 heteroatoms. The normalized spacial score (nSPS) is 15.2. The molecular formula is C25H27Cl2N3O4. The first-order chi connectivity index (χ1) is 16.1. The first-order valence-corrected chi connectivity index (χ1v) is 11.9. The van der Waals surface area contributed by atoms with Gasteiger partial charge in [0, 0.05) is 35.8 Å². The summed E-state index contributed by atoms with van der Waals surface area (Å²) in [5.41, 5.74) is 1.99. The number of ketones is 1. The molecular weight excluding hydrogens is 477 g/mol. The van der Waals surface area contributed by atoms with Crippen LogP contribution in [0.25, 0.3) is 0 Å². The van der Waals surface area contributed by atoms with Crippen molar-refractivity contribution >= 4 is 46.5 Å². The Morgan fingerprint density at radius 2 is 1.76 bits per heavy atom. The number of benzene rings is 1. The Morgan fingerprint density at radius 1 is 1.12 bits per heavy atom. The molecule has 1 aromatic heterocycles. The number of rotatable bonds is 10. The highest BCUT2D eigenvalue weighted by molar-refractivity contribution is 6.40. The number of hydrogen-bond acceptors (Lipinski definition) is 5. The maximum Gasteiger partial charge on any atom is 0.306 e. The summed E-state index contributed by atoms with van der Waals surface area (Å²) < 4.78 is 0. The number of Topliss-reactive ketones (excluding diaryl/α,β-unsaturated/α-hetero) is 1. The van der Waals surface area contributed by atoms with E-state index in [0.717, 1.165) is 29.7 Å². The highest BCUT2D eigenvalue weighted by Gasteiger charge is 2.33. The zero-order valence-corrected chi connectivity index (χ0v) is 20.6. The van der Waals surface area contributed by atoms with E-state index >= 15 is 0 Å². The van der Waals surface area contributed by atoms with Gasteiger partial charge in [0.05, 0.1) is 27.6 Å². The summed E-state index contributed by atoms with van der Waals surface area (Å²) in [4.78, 5) is 40.5. The lowest BCUT2D eigenvalue weighted by atomic mass is 9.87. The number of aliphatic carboxylic acids is 1. The lowest BCUT2D eigenvalue weighted by Crippen LogP contribution is -2.41. The van der Waals surface area contributed by atoms with Crippen LogP contribution in [0.4, 0.5) is 5.69 Å². The van der Waals surface area contributed by atoms with Gasteiger partial charge in [0.25, 0.3) is 5.91 Å². The van der Waals surface area contributed by atoms with E-state index in [1.807, 2.05) is 0 Å². The number of halogens is 2. The predicted molar refractivity (Wildman–Crippen MR) is 132 cm³/mol. The summed E-state index contributed by atoms with van der Waals surface area (Å²) in [5.74, 6) is -1.32. The zero-order chi connectivity index (χ0) is 24.9. The fraction of sp³-hybridized carbons (Fsp3) is 0.360. The molecule has 2 aromatic rings. The molecule has 34 heavy (non-hydrogen) atoms. The molecule has 0 spiro atoms. The lowest BCUT2D eigenvalue weighted by Gasteiger charge is -2.32. The number of aromatic nitrogens is 1. The predicted octanol–water partition coefficient (Wildman–Crippen LogP) is 5.73. The zero-order valence-electron chi connectivity index (χ0n) is 19.1. The van der Waals surface area contributed by atoms with Gasteiger partial charge in [0.2, 0.25) is 0 Å². The summed E-state index contributed by atoms with van der Waals surface area (Å²) in [6.45, 7) is 3.87. The number of carbonyl (C=O) groups excluding carboxylic acids is 2. The maximum atomic E-state index is 12.6. The van der Waals surface area contributed by atoms with Crippen LogP contribution in [-0.2, 0) is 15.1 Å². The molecule has 0 bridgehead atoms. The van der Waals surface area contributed by atoms with E-state index in [1.54, 1.807) is 31.2 Å². The number of carboxylic acids is 1. The van der Waals surface area contributed by atoms with Crippen molar-refractivity contribution in [1.29, 1.82) is 0 Å². The minimum Gasteiger partial charge on any atom is -0.481 e. The third-order valence-electron chi connectivity index (χ3n) is 5.88. The van der Waals surface area contributed by atoms with Gasteiger partial charge >= 0.3 is 5.97 Å². The van der Waals surface area contributed by atoms with Gasteiger partial charge < -0.3 is 15.7 Å².